The Morgan fingerprint density at radius 3 is 2.11 bits per heavy atom. The zero-order valence-electron chi connectivity index (χ0n) is 6.23. The van der Waals surface area contributed by atoms with Gasteiger partial charge in [0.2, 0.25) is 0 Å². The summed E-state index contributed by atoms with van der Waals surface area (Å²) in [6.45, 7) is 5.91. The van der Waals surface area contributed by atoms with Crippen molar-refractivity contribution in [3.63, 3.8) is 0 Å². The van der Waals surface area contributed by atoms with Gasteiger partial charge in [-0.2, -0.15) is 0 Å². The highest BCUT2D eigenvalue weighted by Crippen LogP contribution is 2.00. The van der Waals surface area contributed by atoms with Crippen LogP contribution in [0.4, 0.5) is 0 Å². The number of hydrogen-bond donors (Lipinski definition) is 1. The Morgan fingerprint density at radius 2 is 1.78 bits per heavy atom. The fraction of sp³-hybridized carbons (Fsp3) is 0.375. The van der Waals surface area contributed by atoms with Crippen LogP contribution in [0, 0.1) is 5.41 Å². The standard InChI is InChI=1S/C8H13N/c1-4-5-7(2)8(3)6-9/h4-6,9H,1-3H3. The van der Waals surface area contributed by atoms with Gasteiger partial charge in [0.25, 0.3) is 0 Å². The van der Waals surface area contributed by atoms with Gasteiger partial charge in [-0.15, -0.1) is 0 Å². The summed E-state index contributed by atoms with van der Waals surface area (Å²) in [4.78, 5) is 0. The van der Waals surface area contributed by atoms with Gasteiger partial charge in [-0.1, -0.05) is 12.2 Å². The number of allylic oxidation sites excluding steroid dienone is 4. The maximum absolute atomic E-state index is 6.90. The van der Waals surface area contributed by atoms with Crippen molar-refractivity contribution in [1.29, 1.82) is 5.41 Å². The van der Waals surface area contributed by atoms with Crippen LogP contribution in [0.5, 0.6) is 0 Å². The molecule has 1 nitrogen and oxygen atoms in total. The van der Waals surface area contributed by atoms with Crippen molar-refractivity contribution in [3.8, 4) is 0 Å². The van der Waals surface area contributed by atoms with E-state index in [1.54, 1.807) is 0 Å². The van der Waals surface area contributed by atoms with E-state index in [9.17, 15) is 0 Å². The van der Waals surface area contributed by atoms with Crippen LogP contribution in [-0.2, 0) is 0 Å². The SMILES string of the molecule is CC=CC(C)=C(C)C=N. The lowest BCUT2D eigenvalue weighted by atomic mass is 10.1. The topological polar surface area (TPSA) is 23.9 Å². The molecule has 1 N–H and O–H groups in total. The predicted molar refractivity (Wildman–Crippen MR) is 42.0 cm³/mol. The van der Waals surface area contributed by atoms with E-state index in [2.05, 4.69) is 0 Å². The van der Waals surface area contributed by atoms with E-state index < -0.39 is 0 Å². The Balaban J connectivity index is 4.27. The lowest BCUT2D eigenvalue weighted by molar-refractivity contribution is 1.39. The van der Waals surface area contributed by atoms with Gasteiger partial charge in [0, 0.05) is 6.21 Å². The molecule has 0 atom stereocenters. The summed E-state index contributed by atoms with van der Waals surface area (Å²) in [7, 11) is 0. The van der Waals surface area contributed by atoms with Crippen molar-refractivity contribution >= 4 is 6.21 Å². The first-order valence-electron chi connectivity index (χ1n) is 3.03. The van der Waals surface area contributed by atoms with E-state index in [1.807, 2.05) is 32.9 Å². The Labute approximate surface area is 56.6 Å². The van der Waals surface area contributed by atoms with Crippen LogP contribution in [0.25, 0.3) is 0 Å². The molecule has 0 spiro atoms. The smallest absolute Gasteiger partial charge is 0.0209 e. The maximum Gasteiger partial charge on any atom is 0.0209 e. The highest BCUT2D eigenvalue weighted by molar-refractivity contribution is 5.76. The zero-order chi connectivity index (χ0) is 7.28. The van der Waals surface area contributed by atoms with Crippen LogP contribution < -0.4 is 0 Å². The average molecular weight is 123 g/mol. The minimum atomic E-state index is 1.02. The average Bonchev–Trinajstić information content (AvgIpc) is 1.87. The zero-order valence-corrected chi connectivity index (χ0v) is 6.23. The molecule has 0 fully saturated rings. The first kappa shape index (κ1) is 8.15. The van der Waals surface area contributed by atoms with Crippen LogP contribution >= 0.6 is 0 Å². The van der Waals surface area contributed by atoms with Gasteiger partial charge < -0.3 is 5.41 Å². The Morgan fingerprint density at radius 1 is 1.22 bits per heavy atom. The van der Waals surface area contributed by atoms with Crippen LogP contribution in [0.3, 0.4) is 0 Å². The molecule has 0 bridgehead atoms. The molecule has 0 unspecified atom stereocenters. The van der Waals surface area contributed by atoms with Crippen molar-refractivity contribution in [1.82, 2.24) is 0 Å². The fourth-order valence-corrected chi connectivity index (χ4v) is 0.495. The number of nitrogens with one attached hydrogen (secondary N) is 1. The summed E-state index contributed by atoms with van der Waals surface area (Å²) in [5.41, 5.74) is 2.18. The molecule has 0 radical (unpaired) electrons. The minimum Gasteiger partial charge on any atom is -0.308 e. The molecule has 9 heavy (non-hydrogen) atoms. The molecule has 0 saturated carbocycles. The van der Waals surface area contributed by atoms with E-state index in [0.717, 1.165) is 11.1 Å². The van der Waals surface area contributed by atoms with E-state index in [4.69, 9.17) is 5.41 Å². The monoisotopic (exact) mass is 123 g/mol. The molecule has 0 aliphatic carbocycles. The van der Waals surface area contributed by atoms with Crippen LogP contribution in [-0.4, -0.2) is 6.21 Å². The molecular weight excluding hydrogens is 110 g/mol. The van der Waals surface area contributed by atoms with Crippen molar-refractivity contribution < 1.29 is 0 Å². The molecule has 0 aliphatic heterocycles. The van der Waals surface area contributed by atoms with Gasteiger partial charge in [-0.3, -0.25) is 0 Å². The first-order valence-corrected chi connectivity index (χ1v) is 3.03. The van der Waals surface area contributed by atoms with Gasteiger partial charge >= 0.3 is 0 Å². The molecule has 0 saturated heterocycles. The van der Waals surface area contributed by atoms with Crippen LogP contribution in [0.15, 0.2) is 23.3 Å². The minimum absolute atomic E-state index is 1.02. The summed E-state index contributed by atoms with van der Waals surface area (Å²) in [6, 6.07) is 0. The molecule has 0 aromatic heterocycles. The van der Waals surface area contributed by atoms with E-state index in [-0.39, 0.29) is 0 Å². The number of hydrogen-bond acceptors (Lipinski definition) is 1. The Bertz CT molecular complexity index is 152. The molecular formula is C8H13N. The number of rotatable bonds is 2. The molecule has 1 heteroatoms. The lowest BCUT2D eigenvalue weighted by Gasteiger charge is -1.92. The summed E-state index contributed by atoms with van der Waals surface area (Å²) in [5.74, 6) is 0. The van der Waals surface area contributed by atoms with Gasteiger partial charge in [-0.05, 0) is 31.9 Å². The van der Waals surface area contributed by atoms with Crippen molar-refractivity contribution in [2.75, 3.05) is 0 Å². The van der Waals surface area contributed by atoms with Crippen molar-refractivity contribution in [2.24, 2.45) is 0 Å². The van der Waals surface area contributed by atoms with Gasteiger partial charge in [0.1, 0.15) is 0 Å². The Hall–Kier alpha value is -0.850. The molecule has 0 rings (SSSR count). The molecule has 0 aliphatic rings. The van der Waals surface area contributed by atoms with Crippen LogP contribution in [0.2, 0.25) is 0 Å². The van der Waals surface area contributed by atoms with Crippen molar-refractivity contribution in [2.45, 2.75) is 20.8 Å². The van der Waals surface area contributed by atoms with E-state index in [0.29, 0.717) is 0 Å². The second-order valence-electron chi connectivity index (χ2n) is 2.01. The Kier molecular flexibility index (Phi) is 3.69. The molecule has 50 valence electrons. The fourth-order valence-electron chi connectivity index (χ4n) is 0.495. The lowest BCUT2D eigenvalue weighted by Crippen LogP contribution is -1.79. The second-order valence-corrected chi connectivity index (χ2v) is 2.01. The highest BCUT2D eigenvalue weighted by Gasteiger charge is 1.84. The van der Waals surface area contributed by atoms with Gasteiger partial charge in [0.15, 0.2) is 0 Å². The third-order valence-electron chi connectivity index (χ3n) is 1.26. The summed E-state index contributed by atoms with van der Waals surface area (Å²) in [6.07, 6.45) is 5.35. The summed E-state index contributed by atoms with van der Waals surface area (Å²) < 4.78 is 0. The third-order valence-corrected chi connectivity index (χ3v) is 1.26. The molecule has 0 amide bonds. The van der Waals surface area contributed by atoms with Gasteiger partial charge in [0.05, 0.1) is 0 Å². The second kappa shape index (κ2) is 4.07. The largest absolute Gasteiger partial charge is 0.308 e. The third kappa shape index (κ3) is 2.85. The van der Waals surface area contributed by atoms with E-state index >= 15 is 0 Å². The van der Waals surface area contributed by atoms with E-state index in [1.165, 1.54) is 6.21 Å². The molecule has 0 heterocycles. The summed E-state index contributed by atoms with van der Waals surface area (Å²) >= 11 is 0. The van der Waals surface area contributed by atoms with Crippen LogP contribution in [0.1, 0.15) is 20.8 Å². The normalized spacial score (nSPS) is 13.7. The first-order chi connectivity index (χ1) is 4.22. The molecule has 0 aromatic rings. The molecule has 0 aromatic carbocycles. The quantitative estimate of drug-likeness (QED) is 0.431. The summed E-state index contributed by atoms with van der Waals surface area (Å²) in [5, 5.41) is 6.90. The van der Waals surface area contributed by atoms with Gasteiger partial charge in [-0.25, -0.2) is 0 Å². The maximum atomic E-state index is 6.90. The van der Waals surface area contributed by atoms with Crippen molar-refractivity contribution in [3.05, 3.63) is 23.3 Å². The predicted octanol–water partition coefficient (Wildman–Crippen LogP) is 2.55. The highest BCUT2D eigenvalue weighted by atomic mass is 14.3.